The number of nitrogens with zero attached hydrogens (tertiary/aromatic N) is 2. The standard InChI is InChI=1S/C12H22N5O/c1-17(4-6-18-7-5-17)3-2-15-12-11(14)8-10(13)9-16-12/h8-9H,2-7,13-14H2,1H3,(H,15,16)/q+1. The van der Waals surface area contributed by atoms with Gasteiger partial charge in [-0.3, -0.25) is 0 Å². The number of likely N-dealkylation sites (N-methyl/N-ethyl adjacent to an activating group) is 1. The Bertz CT molecular complexity index is 403. The minimum atomic E-state index is 0.588. The largest absolute Gasteiger partial charge is 0.397 e. The molecule has 0 aliphatic carbocycles. The van der Waals surface area contributed by atoms with Gasteiger partial charge in [0.05, 0.1) is 50.9 Å². The molecule has 2 rings (SSSR count). The van der Waals surface area contributed by atoms with Gasteiger partial charge in [-0.15, -0.1) is 0 Å². The van der Waals surface area contributed by atoms with Crippen molar-refractivity contribution in [1.29, 1.82) is 0 Å². The summed E-state index contributed by atoms with van der Waals surface area (Å²) in [6.07, 6.45) is 1.61. The molecule has 1 aromatic rings. The molecule has 18 heavy (non-hydrogen) atoms. The first-order valence-corrected chi connectivity index (χ1v) is 6.25. The highest BCUT2D eigenvalue weighted by molar-refractivity contribution is 5.65. The number of anilines is 3. The molecule has 0 atom stereocenters. The summed E-state index contributed by atoms with van der Waals surface area (Å²) in [4.78, 5) is 4.19. The van der Waals surface area contributed by atoms with E-state index in [1.807, 2.05) is 0 Å². The molecule has 100 valence electrons. The lowest BCUT2D eigenvalue weighted by molar-refractivity contribution is -0.915. The summed E-state index contributed by atoms with van der Waals surface area (Å²) in [7, 11) is 2.25. The van der Waals surface area contributed by atoms with Crippen LogP contribution >= 0.6 is 0 Å². The molecule has 0 aromatic carbocycles. The summed E-state index contributed by atoms with van der Waals surface area (Å²) >= 11 is 0. The minimum absolute atomic E-state index is 0.588. The van der Waals surface area contributed by atoms with Crippen LogP contribution in [0, 0.1) is 0 Å². The van der Waals surface area contributed by atoms with Crippen molar-refractivity contribution in [1.82, 2.24) is 4.98 Å². The number of aromatic nitrogens is 1. The number of quaternary nitrogens is 1. The zero-order valence-electron chi connectivity index (χ0n) is 10.9. The van der Waals surface area contributed by atoms with Crippen LogP contribution < -0.4 is 16.8 Å². The Morgan fingerprint density at radius 3 is 2.78 bits per heavy atom. The van der Waals surface area contributed by atoms with Gasteiger partial charge in [-0.25, -0.2) is 4.98 Å². The van der Waals surface area contributed by atoms with Crippen LogP contribution in [-0.4, -0.2) is 55.9 Å². The molecule has 6 heteroatoms. The van der Waals surface area contributed by atoms with Crippen LogP contribution in [0.5, 0.6) is 0 Å². The monoisotopic (exact) mass is 252 g/mol. The van der Waals surface area contributed by atoms with E-state index in [9.17, 15) is 0 Å². The Hall–Kier alpha value is -1.53. The third kappa shape index (κ3) is 3.24. The average molecular weight is 252 g/mol. The molecule has 6 nitrogen and oxygen atoms in total. The van der Waals surface area contributed by atoms with E-state index in [-0.39, 0.29) is 0 Å². The van der Waals surface area contributed by atoms with Crippen molar-refractivity contribution in [2.45, 2.75) is 0 Å². The molecule has 1 aliphatic rings. The van der Waals surface area contributed by atoms with Gasteiger partial charge in [0.15, 0.2) is 0 Å². The SMILES string of the molecule is C[N+]1(CCNc2ncc(N)cc2N)CCOCC1. The second kappa shape index (κ2) is 5.41. The molecular weight excluding hydrogens is 230 g/mol. The van der Waals surface area contributed by atoms with Gasteiger partial charge in [0, 0.05) is 0 Å². The smallest absolute Gasteiger partial charge is 0.149 e. The highest BCUT2D eigenvalue weighted by atomic mass is 16.5. The number of hydrogen-bond donors (Lipinski definition) is 3. The van der Waals surface area contributed by atoms with Crippen molar-refractivity contribution in [3.63, 3.8) is 0 Å². The van der Waals surface area contributed by atoms with E-state index >= 15 is 0 Å². The Labute approximate surface area is 108 Å². The van der Waals surface area contributed by atoms with Gasteiger partial charge in [-0.1, -0.05) is 0 Å². The number of ether oxygens (including phenoxy) is 1. The van der Waals surface area contributed by atoms with Crippen LogP contribution in [0.4, 0.5) is 17.2 Å². The lowest BCUT2D eigenvalue weighted by Gasteiger charge is -2.37. The fourth-order valence-electron chi connectivity index (χ4n) is 2.10. The second-order valence-corrected chi connectivity index (χ2v) is 5.04. The maximum Gasteiger partial charge on any atom is 0.149 e. The summed E-state index contributed by atoms with van der Waals surface area (Å²) in [5, 5.41) is 3.26. The molecule has 1 fully saturated rings. The van der Waals surface area contributed by atoms with Gasteiger partial charge < -0.3 is 26.0 Å². The molecule has 0 unspecified atom stereocenters. The zero-order chi connectivity index (χ0) is 13.0. The highest BCUT2D eigenvalue weighted by Gasteiger charge is 2.24. The molecule has 0 bridgehead atoms. The normalized spacial score (nSPS) is 18.5. The third-order valence-corrected chi connectivity index (χ3v) is 3.43. The van der Waals surface area contributed by atoms with Crippen molar-refractivity contribution in [2.75, 3.05) is 63.2 Å². The van der Waals surface area contributed by atoms with Crippen molar-refractivity contribution >= 4 is 17.2 Å². The van der Waals surface area contributed by atoms with Crippen molar-refractivity contribution < 1.29 is 9.22 Å². The quantitative estimate of drug-likeness (QED) is 0.663. The summed E-state index contributed by atoms with van der Waals surface area (Å²) in [6.45, 7) is 5.70. The highest BCUT2D eigenvalue weighted by Crippen LogP contribution is 2.17. The van der Waals surface area contributed by atoms with Crippen LogP contribution in [0.3, 0.4) is 0 Å². The van der Waals surface area contributed by atoms with E-state index in [1.54, 1.807) is 12.3 Å². The number of nitrogen functional groups attached to an aromatic ring is 2. The van der Waals surface area contributed by atoms with Crippen molar-refractivity contribution in [3.8, 4) is 0 Å². The van der Waals surface area contributed by atoms with Crippen LogP contribution in [-0.2, 0) is 4.74 Å². The molecule has 2 heterocycles. The van der Waals surface area contributed by atoms with E-state index in [1.165, 1.54) is 0 Å². The van der Waals surface area contributed by atoms with Gasteiger partial charge in [-0.05, 0) is 6.07 Å². The maximum atomic E-state index is 5.84. The first kappa shape index (κ1) is 12.9. The Kier molecular flexibility index (Phi) is 3.88. The molecule has 1 aliphatic heterocycles. The predicted molar refractivity (Wildman–Crippen MR) is 73.2 cm³/mol. The van der Waals surface area contributed by atoms with Crippen molar-refractivity contribution in [2.24, 2.45) is 0 Å². The molecule has 1 aromatic heterocycles. The lowest BCUT2D eigenvalue weighted by Crippen LogP contribution is -2.53. The summed E-state index contributed by atoms with van der Waals surface area (Å²) in [5.74, 6) is 0.712. The van der Waals surface area contributed by atoms with Crippen LogP contribution in [0.15, 0.2) is 12.3 Å². The third-order valence-electron chi connectivity index (χ3n) is 3.43. The topological polar surface area (TPSA) is 86.2 Å². The maximum absolute atomic E-state index is 5.84. The van der Waals surface area contributed by atoms with Gasteiger partial charge in [0.2, 0.25) is 0 Å². The molecule has 0 radical (unpaired) electrons. The Morgan fingerprint density at radius 1 is 1.39 bits per heavy atom. The van der Waals surface area contributed by atoms with Crippen LogP contribution in [0.2, 0.25) is 0 Å². The van der Waals surface area contributed by atoms with E-state index in [2.05, 4.69) is 17.3 Å². The molecule has 0 saturated carbocycles. The molecular formula is C12H22N5O+. The minimum Gasteiger partial charge on any atom is -0.397 e. The van der Waals surface area contributed by atoms with E-state index in [4.69, 9.17) is 16.2 Å². The number of rotatable bonds is 4. The number of pyridine rings is 1. The molecule has 0 amide bonds. The van der Waals surface area contributed by atoms with E-state index < -0.39 is 0 Å². The number of hydrogen-bond acceptors (Lipinski definition) is 5. The van der Waals surface area contributed by atoms with Crippen molar-refractivity contribution in [3.05, 3.63) is 12.3 Å². The summed E-state index contributed by atoms with van der Waals surface area (Å²) < 4.78 is 6.41. The fraction of sp³-hybridized carbons (Fsp3) is 0.583. The van der Waals surface area contributed by atoms with Crippen LogP contribution in [0.1, 0.15) is 0 Å². The lowest BCUT2D eigenvalue weighted by atomic mass is 10.3. The summed E-state index contributed by atoms with van der Waals surface area (Å²) in [6, 6.07) is 1.72. The predicted octanol–water partition coefficient (Wildman–Crippen LogP) is 0.135. The fourth-order valence-corrected chi connectivity index (χ4v) is 2.10. The number of morpholine rings is 1. The Morgan fingerprint density at radius 2 is 2.11 bits per heavy atom. The number of nitrogens with two attached hydrogens (primary N) is 2. The molecule has 5 N–H and O–H groups in total. The van der Waals surface area contributed by atoms with E-state index in [0.29, 0.717) is 17.2 Å². The molecule has 1 saturated heterocycles. The number of nitrogens with one attached hydrogen (secondary N) is 1. The van der Waals surface area contributed by atoms with Gasteiger partial charge >= 0.3 is 0 Å². The first-order chi connectivity index (χ1) is 8.59. The summed E-state index contributed by atoms with van der Waals surface area (Å²) in [5.41, 5.74) is 12.6. The van der Waals surface area contributed by atoms with Gasteiger partial charge in [0.25, 0.3) is 0 Å². The second-order valence-electron chi connectivity index (χ2n) is 5.04. The van der Waals surface area contributed by atoms with E-state index in [0.717, 1.165) is 43.9 Å². The molecule has 0 spiro atoms. The average Bonchev–Trinajstić information content (AvgIpc) is 2.33. The van der Waals surface area contributed by atoms with Gasteiger partial charge in [0.1, 0.15) is 18.9 Å². The van der Waals surface area contributed by atoms with Gasteiger partial charge in [-0.2, -0.15) is 0 Å². The Balaban J connectivity index is 1.84. The zero-order valence-corrected chi connectivity index (χ0v) is 10.9. The first-order valence-electron chi connectivity index (χ1n) is 6.25. The van der Waals surface area contributed by atoms with Crippen LogP contribution in [0.25, 0.3) is 0 Å².